The van der Waals surface area contributed by atoms with Gasteiger partial charge < -0.3 is 15.4 Å². The van der Waals surface area contributed by atoms with Gasteiger partial charge in [-0.3, -0.25) is 4.79 Å². The molecule has 0 bridgehead atoms. The van der Waals surface area contributed by atoms with Gasteiger partial charge in [-0.1, -0.05) is 19.8 Å². The second kappa shape index (κ2) is 5.83. The minimum atomic E-state index is 0.107. The highest BCUT2D eigenvalue weighted by atomic mass is 16.5. The SMILES string of the molecule is C[C@@H]1CCCC[C@H]1OCC(=O)N1CC[C@@H](N)C1. The third kappa shape index (κ3) is 3.42. The standard InChI is InChI=1S/C13H24N2O2/c1-10-4-2-3-5-12(10)17-9-13(16)15-7-6-11(14)8-15/h10-12H,2-9,14H2,1H3/t10-,11-,12-/m1/s1. The highest BCUT2D eigenvalue weighted by Gasteiger charge is 2.26. The molecule has 2 N–H and O–H groups in total. The zero-order valence-corrected chi connectivity index (χ0v) is 10.7. The van der Waals surface area contributed by atoms with Crippen molar-refractivity contribution in [1.82, 2.24) is 4.90 Å². The molecule has 2 aliphatic rings. The van der Waals surface area contributed by atoms with Crippen LogP contribution in [-0.4, -0.2) is 42.6 Å². The van der Waals surface area contributed by atoms with Gasteiger partial charge in [-0.25, -0.2) is 0 Å². The summed E-state index contributed by atoms with van der Waals surface area (Å²) < 4.78 is 5.77. The first kappa shape index (κ1) is 12.8. The number of carbonyl (C=O) groups excluding carboxylic acids is 1. The monoisotopic (exact) mass is 240 g/mol. The summed E-state index contributed by atoms with van der Waals surface area (Å²) in [5, 5.41) is 0. The average Bonchev–Trinajstić information content (AvgIpc) is 2.74. The van der Waals surface area contributed by atoms with E-state index in [2.05, 4.69) is 6.92 Å². The first-order valence-electron chi connectivity index (χ1n) is 6.82. The summed E-state index contributed by atoms with van der Waals surface area (Å²) in [6, 6.07) is 0.160. The van der Waals surface area contributed by atoms with E-state index >= 15 is 0 Å². The van der Waals surface area contributed by atoms with Crippen molar-refractivity contribution < 1.29 is 9.53 Å². The van der Waals surface area contributed by atoms with Gasteiger partial charge in [0.15, 0.2) is 0 Å². The predicted molar refractivity (Wildman–Crippen MR) is 66.5 cm³/mol. The number of carbonyl (C=O) groups is 1. The van der Waals surface area contributed by atoms with Crippen molar-refractivity contribution in [3.8, 4) is 0 Å². The Morgan fingerprint density at radius 2 is 2.12 bits per heavy atom. The molecule has 2 rings (SSSR count). The summed E-state index contributed by atoms with van der Waals surface area (Å²) >= 11 is 0. The smallest absolute Gasteiger partial charge is 0.248 e. The molecular weight excluding hydrogens is 216 g/mol. The quantitative estimate of drug-likeness (QED) is 0.805. The number of nitrogens with two attached hydrogens (primary N) is 1. The van der Waals surface area contributed by atoms with Gasteiger partial charge in [0.05, 0.1) is 6.10 Å². The maximum Gasteiger partial charge on any atom is 0.248 e. The molecule has 0 aromatic rings. The molecule has 17 heavy (non-hydrogen) atoms. The fourth-order valence-corrected chi connectivity index (χ4v) is 2.81. The van der Waals surface area contributed by atoms with Gasteiger partial charge in [-0.15, -0.1) is 0 Å². The zero-order chi connectivity index (χ0) is 12.3. The lowest BCUT2D eigenvalue weighted by Gasteiger charge is -2.29. The maximum atomic E-state index is 11.9. The Kier molecular flexibility index (Phi) is 4.40. The summed E-state index contributed by atoms with van der Waals surface area (Å²) in [4.78, 5) is 13.7. The molecule has 1 amide bonds. The molecule has 4 nitrogen and oxygen atoms in total. The highest BCUT2D eigenvalue weighted by molar-refractivity contribution is 5.77. The number of rotatable bonds is 3. The van der Waals surface area contributed by atoms with Crippen molar-refractivity contribution in [2.45, 2.75) is 51.2 Å². The Morgan fingerprint density at radius 3 is 2.76 bits per heavy atom. The average molecular weight is 240 g/mol. The van der Waals surface area contributed by atoms with Crippen molar-refractivity contribution in [3.63, 3.8) is 0 Å². The molecule has 1 saturated carbocycles. The van der Waals surface area contributed by atoms with Gasteiger partial charge in [0.25, 0.3) is 0 Å². The van der Waals surface area contributed by atoms with Crippen LogP contribution in [-0.2, 0) is 9.53 Å². The van der Waals surface area contributed by atoms with Crippen molar-refractivity contribution in [2.75, 3.05) is 19.7 Å². The van der Waals surface area contributed by atoms with E-state index < -0.39 is 0 Å². The fraction of sp³-hybridized carbons (Fsp3) is 0.923. The molecule has 0 aromatic carbocycles. The van der Waals surface area contributed by atoms with E-state index in [0.717, 1.165) is 19.4 Å². The van der Waals surface area contributed by atoms with Crippen LogP contribution in [0.5, 0.6) is 0 Å². The molecule has 1 aliphatic heterocycles. The van der Waals surface area contributed by atoms with E-state index in [9.17, 15) is 4.79 Å². The zero-order valence-electron chi connectivity index (χ0n) is 10.7. The normalized spacial score (nSPS) is 34.0. The van der Waals surface area contributed by atoms with Crippen LogP contribution >= 0.6 is 0 Å². The van der Waals surface area contributed by atoms with Crippen LogP contribution in [0, 0.1) is 5.92 Å². The first-order chi connectivity index (χ1) is 8.16. The van der Waals surface area contributed by atoms with Crippen molar-refractivity contribution in [3.05, 3.63) is 0 Å². The molecule has 2 fully saturated rings. The molecule has 1 saturated heterocycles. The second-order valence-electron chi connectivity index (χ2n) is 5.50. The van der Waals surface area contributed by atoms with Gasteiger partial charge in [0, 0.05) is 19.1 Å². The molecule has 4 heteroatoms. The van der Waals surface area contributed by atoms with E-state index in [1.165, 1.54) is 19.3 Å². The van der Waals surface area contributed by atoms with Gasteiger partial charge in [0.1, 0.15) is 6.61 Å². The van der Waals surface area contributed by atoms with E-state index in [1.54, 1.807) is 0 Å². The number of nitrogens with zero attached hydrogens (tertiary/aromatic N) is 1. The van der Waals surface area contributed by atoms with Crippen LogP contribution < -0.4 is 5.73 Å². The Balaban J connectivity index is 1.72. The molecule has 0 radical (unpaired) electrons. The molecule has 98 valence electrons. The number of ether oxygens (including phenoxy) is 1. The van der Waals surface area contributed by atoms with Gasteiger partial charge >= 0.3 is 0 Å². The summed E-state index contributed by atoms with van der Waals surface area (Å²) in [5.74, 6) is 0.702. The Labute approximate surface area is 103 Å². The summed E-state index contributed by atoms with van der Waals surface area (Å²) in [5.41, 5.74) is 5.79. The van der Waals surface area contributed by atoms with E-state index in [1.807, 2.05) is 4.90 Å². The van der Waals surface area contributed by atoms with E-state index in [4.69, 9.17) is 10.5 Å². The lowest BCUT2D eigenvalue weighted by atomic mass is 9.88. The van der Waals surface area contributed by atoms with Gasteiger partial charge in [-0.2, -0.15) is 0 Å². The van der Waals surface area contributed by atoms with Crippen LogP contribution in [0.2, 0.25) is 0 Å². The van der Waals surface area contributed by atoms with E-state index in [-0.39, 0.29) is 24.7 Å². The molecule has 1 aliphatic carbocycles. The van der Waals surface area contributed by atoms with Crippen LogP contribution in [0.15, 0.2) is 0 Å². The van der Waals surface area contributed by atoms with Gasteiger partial charge in [0.2, 0.25) is 5.91 Å². The summed E-state index contributed by atoms with van der Waals surface area (Å²) in [7, 11) is 0. The lowest BCUT2D eigenvalue weighted by molar-refractivity contribution is -0.139. The van der Waals surface area contributed by atoms with Crippen LogP contribution in [0.4, 0.5) is 0 Å². The maximum absolute atomic E-state index is 11.9. The van der Waals surface area contributed by atoms with Crippen LogP contribution in [0.1, 0.15) is 39.0 Å². The molecular formula is C13H24N2O2. The fourth-order valence-electron chi connectivity index (χ4n) is 2.81. The van der Waals surface area contributed by atoms with Crippen molar-refractivity contribution >= 4 is 5.91 Å². The minimum Gasteiger partial charge on any atom is -0.368 e. The minimum absolute atomic E-state index is 0.107. The van der Waals surface area contributed by atoms with Crippen LogP contribution in [0.3, 0.4) is 0 Å². The Hall–Kier alpha value is -0.610. The van der Waals surface area contributed by atoms with Crippen LogP contribution in [0.25, 0.3) is 0 Å². The number of amides is 1. The van der Waals surface area contributed by atoms with Gasteiger partial charge in [-0.05, 0) is 25.2 Å². The number of hydrogen-bond donors (Lipinski definition) is 1. The Morgan fingerprint density at radius 1 is 1.35 bits per heavy atom. The molecule has 1 heterocycles. The van der Waals surface area contributed by atoms with E-state index in [0.29, 0.717) is 12.5 Å². The summed E-state index contributed by atoms with van der Waals surface area (Å²) in [6.07, 6.45) is 6.07. The van der Waals surface area contributed by atoms with Crippen molar-refractivity contribution in [1.29, 1.82) is 0 Å². The van der Waals surface area contributed by atoms with Crippen molar-refractivity contribution in [2.24, 2.45) is 11.7 Å². The lowest BCUT2D eigenvalue weighted by Crippen LogP contribution is -2.36. The topological polar surface area (TPSA) is 55.6 Å². The largest absolute Gasteiger partial charge is 0.368 e. The predicted octanol–water partition coefficient (Wildman–Crippen LogP) is 1.14. The highest BCUT2D eigenvalue weighted by Crippen LogP contribution is 2.26. The molecule has 0 spiro atoms. The molecule has 0 aromatic heterocycles. The number of likely N-dealkylation sites (tertiary alicyclic amines) is 1. The molecule has 3 atom stereocenters. The number of hydrogen-bond acceptors (Lipinski definition) is 3. The third-order valence-electron chi connectivity index (χ3n) is 4.03. The second-order valence-corrected chi connectivity index (χ2v) is 5.50. The first-order valence-corrected chi connectivity index (χ1v) is 6.82. The molecule has 0 unspecified atom stereocenters. The third-order valence-corrected chi connectivity index (χ3v) is 4.03. The Bertz CT molecular complexity index is 270. The summed E-state index contributed by atoms with van der Waals surface area (Å²) in [6.45, 7) is 3.95.